The number of alkyl halides is 3. The number of allylic oxidation sites excluding steroid dienone is 1. The van der Waals surface area contributed by atoms with Gasteiger partial charge >= 0.3 is 6.18 Å². The molecule has 3 rings (SSSR count). The van der Waals surface area contributed by atoms with E-state index in [1.165, 1.54) is 6.08 Å². The van der Waals surface area contributed by atoms with Gasteiger partial charge in [0.05, 0.1) is 26.4 Å². The Labute approximate surface area is 231 Å². The highest BCUT2D eigenvalue weighted by molar-refractivity contribution is 9.10. The zero-order valence-electron chi connectivity index (χ0n) is 19.5. The fraction of sp³-hybridized carbons (Fsp3) is 0.385. The first kappa shape index (κ1) is 29.0. The van der Waals surface area contributed by atoms with Crippen molar-refractivity contribution in [1.29, 1.82) is 0 Å². The predicted molar refractivity (Wildman–Crippen MR) is 142 cm³/mol. The smallest absolute Gasteiger partial charge is 0.355 e. The zero-order chi connectivity index (χ0) is 26.8. The Balaban J connectivity index is 1.77. The molecular weight excluding hydrogens is 602 g/mol. The van der Waals surface area contributed by atoms with Crippen molar-refractivity contribution < 1.29 is 22.8 Å². The maximum absolute atomic E-state index is 13.8. The van der Waals surface area contributed by atoms with Crippen LogP contribution >= 0.6 is 50.7 Å². The number of hydrogen-bond acceptors (Lipinski definition) is 2. The monoisotopic (exact) mass is 623 g/mol. The standard InChI is InChI=1S/C26H24BrCl3F3NO2/c1-14(2)13-34-24(36)25(7-8-25)12-22(35)17-5-3-15(9-19(17)27)4-6-18(26(31,32)33)16-10-20(28)23(30)21(29)11-16/h3-6,9-11,14,18H,7-8,12-13H2,1-2H3,(H,34,36)/b6-4+. The minimum atomic E-state index is -4.60. The normalized spacial score (nSPS) is 15.8. The lowest BCUT2D eigenvalue weighted by Crippen LogP contribution is -2.35. The zero-order valence-corrected chi connectivity index (χ0v) is 23.3. The van der Waals surface area contributed by atoms with Gasteiger partial charge in [0.2, 0.25) is 5.91 Å². The first-order valence-electron chi connectivity index (χ1n) is 11.2. The topological polar surface area (TPSA) is 46.2 Å². The summed E-state index contributed by atoms with van der Waals surface area (Å²) in [5, 5.41) is 2.75. The molecule has 1 N–H and O–H groups in total. The van der Waals surface area contributed by atoms with Gasteiger partial charge in [-0.15, -0.1) is 0 Å². The summed E-state index contributed by atoms with van der Waals surface area (Å²) in [4.78, 5) is 25.5. The van der Waals surface area contributed by atoms with Gasteiger partial charge in [-0.3, -0.25) is 9.59 Å². The van der Waals surface area contributed by atoms with E-state index in [-0.39, 0.29) is 38.7 Å². The number of carbonyl (C=O) groups is 2. The van der Waals surface area contributed by atoms with Crippen LogP contribution in [0.5, 0.6) is 0 Å². The van der Waals surface area contributed by atoms with E-state index in [1.54, 1.807) is 18.2 Å². The molecule has 3 nitrogen and oxygen atoms in total. The molecule has 10 heteroatoms. The van der Waals surface area contributed by atoms with Crippen LogP contribution in [0.3, 0.4) is 0 Å². The van der Waals surface area contributed by atoms with Crippen molar-refractivity contribution in [3.63, 3.8) is 0 Å². The lowest BCUT2D eigenvalue weighted by molar-refractivity contribution is -0.139. The molecule has 0 aliphatic heterocycles. The Kier molecular flexibility index (Phi) is 9.24. The molecule has 0 bridgehead atoms. The third-order valence-electron chi connectivity index (χ3n) is 6.00. The van der Waals surface area contributed by atoms with E-state index in [0.717, 1.165) is 18.2 Å². The fourth-order valence-electron chi connectivity index (χ4n) is 3.75. The quantitative estimate of drug-likeness (QED) is 0.224. The maximum atomic E-state index is 13.8. The van der Waals surface area contributed by atoms with Crippen molar-refractivity contribution in [2.24, 2.45) is 11.3 Å². The fourth-order valence-corrected chi connectivity index (χ4v) is 4.98. The second-order valence-corrected chi connectivity index (χ2v) is 11.4. The van der Waals surface area contributed by atoms with Crippen LogP contribution in [-0.2, 0) is 4.79 Å². The molecule has 1 unspecified atom stereocenters. The SMILES string of the molecule is CC(C)CNC(=O)C1(CC(=O)c2ccc(/C=C/C(c3cc(Cl)c(Cl)c(Cl)c3)C(F)(F)F)cc2Br)CC1. The number of carbonyl (C=O) groups excluding carboxylic acids is 2. The summed E-state index contributed by atoms with van der Waals surface area (Å²) in [5.74, 6) is -1.97. The number of ketones is 1. The van der Waals surface area contributed by atoms with Gasteiger partial charge in [0.15, 0.2) is 5.78 Å². The number of Topliss-reactive ketones (excluding diaryl/α,β-unsaturated/α-hetero) is 1. The predicted octanol–water partition coefficient (Wildman–Crippen LogP) is 8.89. The molecule has 1 fully saturated rings. The van der Waals surface area contributed by atoms with E-state index < -0.39 is 17.5 Å². The minimum absolute atomic E-state index is 0.0124. The highest BCUT2D eigenvalue weighted by Crippen LogP contribution is 2.50. The number of hydrogen-bond donors (Lipinski definition) is 1. The summed E-state index contributed by atoms with van der Waals surface area (Å²) in [6.45, 7) is 4.54. The van der Waals surface area contributed by atoms with Crippen LogP contribution in [-0.4, -0.2) is 24.4 Å². The molecule has 1 saturated carbocycles. The largest absolute Gasteiger partial charge is 0.399 e. The van der Waals surface area contributed by atoms with Crippen molar-refractivity contribution in [1.82, 2.24) is 5.32 Å². The lowest BCUT2D eigenvalue weighted by atomic mass is 9.93. The molecule has 194 valence electrons. The average molecular weight is 626 g/mol. The molecular formula is C26H24BrCl3F3NO2. The summed E-state index contributed by atoms with van der Waals surface area (Å²) in [5.41, 5.74) is 0.00765. The maximum Gasteiger partial charge on any atom is 0.399 e. The molecule has 1 atom stereocenters. The minimum Gasteiger partial charge on any atom is -0.355 e. The molecule has 36 heavy (non-hydrogen) atoms. The van der Waals surface area contributed by atoms with E-state index in [1.807, 2.05) is 13.8 Å². The van der Waals surface area contributed by atoms with Crippen LogP contribution in [0.15, 0.2) is 40.9 Å². The number of amides is 1. The molecule has 1 amide bonds. The van der Waals surface area contributed by atoms with Gasteiger partial charge in [-0.05, 0) is 54.2 Å². The summed E-state index contributed by atoms with van der Waals surface area (Å²) in [7, 11) is 0. The van der Waals surface area contributed by atoms with Gasteiger partial charge in [0.1, 0.15) is 0 Å². The number of benzene rings is 2. The van der Waals surface area contributed by atoms with Gasteiger partial charge in [-0.25, -0.2) is 0 Å². The Morgan fingerprint density at radius 3 is 2.22 bits per heavy atom. The molecule has 1 aliphatic rings. The Morgan fingerprint density at radius 1 is 1.11 bits per heavy atom. The van der Waals surface area contributed by atoms with Crippen LogP contribution in [0.1, 0.15) is 60.5 Å². The van der Waals surface area contributed by atoms with Crippen LogP contribution in [0.2, 0.25) is 15.1 Å². The molecule has 2 aromatic carbocycles. The van der Waals surface area contributed by atoms with Gasteiger partial charge in [0, 0.05) is 23.0 Å². The van der Waals surface area contributed by atoms with E-state index in [9.17, 15) is 22.8 Å². The first-order valence-corrected chi connectivity index (χ1v) is 13.2. The summed E-state index contributed by atoms with van der Waals surface area (Å²) in [6.07, 6.45) is -0.901. The van der Waals surface area contributed by atoms with Gasteiger partial charge in [-0.2, -0.15) is 13.2 Å². The Morgan fingerprint density at radius 2 is 1.72 bits per heavy atom. The molecule has 2 aromatic rings. The average Bonchev–Trinajstić information content (AvgIpc) is 3.55. The molecule has 0 heterocycles. The second kappa shape index (κ2) is 11.5. The van der Waals surface area contributed by atoms with Crippen LogP contribution in [0, 0.1) is 11.3 Å². The van der Waals surface area contributed by atoms with Crippen molar-refractivity contribution in [2.45, 2.75) is 45.2 Å². The molecule has 0 saturated heterocycles. The molecule has 0 aromatic heterocycles. The highest BCUT2D eigenvalue weighted by Gasteiger charge is 2.51. The molecule has 0 spiro atoms. The number of rotatable bonds is 9. The van der Waals surface area contributed by atoms with E-state index in [4.69, 9.17) is 34.8 Å². The van der Waals surface area contributed by atoms with Gasteiger partial charge < -0.3 is 5.32 Å². The summed E-state index contributed by atoms with van der Waals surface area (Å²) in [6, 6.07) is 6.95. The van der Waals surface area contributed by atoms with Crippen molar-refractivity contribution in [3.8, 4) is 0 Å². The first-order chi connectivity index (χ1) is 16.7. The highest BCUT2D eigenvalue weighted by atomic mass is 79.9. The van der Waals surface area contributed by atoms with Gasteiger partial charge in [0.25, 0.3) is 0 Å². The van der Waals surface area contributed by atoms with Crippen molar-refractivity contribution in [3.05, 3.63) is 72.6 Å². The summed E-state index contributed by atoms with van der Waals surface area (Å²) < 4.78 is 41.8. The van der Waals surface area contributed by atoms with Crippen LogP contribution in [0.25, 0.3) is 6.08 Å². The van der Waals surface area contributed by atoms with E-state index >= 15 is 0 Å². The van der Waals surface area contributed by atoms with E-state index in [0.29, 0.717) is 40.9 Å². The van der Waals surface area contributed by atoms with Crippen molar-refractivity contribution in [2.75, 3.05) is 6.54 Å². The lowest BCUT2D eigenvalue weighted by Gasteiger charge is -2.18. The third-order valence-corrected chi connectivity index (χ3v) is 7.85. The van der Waals surface area contributed by atoms with E-state index in [2.05, 4.69) is 21.2 Å². The molecule has 1 aliphatic carbocycles. The van der Waals surface area contributed by atoms with Crippen LogP contribution < -0.4 is 5.32 Å². The molecule has 0 radical (unpaired) electrons. The summed E-state index contributed by atoms with van der Waals surface area (Å²) >= 11 is 21.1. The van der Waals surface area contributed by atoms with Gasteiger partial charge in [-0.1, -0.05) is 82.8 Å². The second-order valence-electron chi connectivity index (χ2n) is 9.40. The van der Waals surface area contributed by atoms with Crippen LogP contribution in [0.4, 0.5) is 13.2 Å². The number of halogens is 7. The Bertz CT molecular complexity index is 1170. The van der Waals surface area contributed by atoms with Crippen molar-refractivity contribution >= 4 is 68.5 Å². The third kappa shape index (κ3) is 7.06. The Hall–Kier alpha value is -1.54. The number of nitrogens with one attached hydrogen (secondary N) is 1.